The summed E-state index contributed by atoms with van der Waals surface area (Å²) in [5, 5.41) is 3.60. The van der Waals surface area contributed by atoms with Crippen molar-refractivity contribution in [3.8, 4) is 11.1 Å². The Balaban J connectivity index is 2.05. The molecule has 1 aromatic heterocycles. The summed E-state index contributed by atoms with van der Waals surface area (Å²) in [6, 6.07) is 11.5. The Kier molecular flexibility index (Phi) is 4.48. The van der Waals surface area contributed by atoms with Gasteiger partial charge in [0, 0.05) is 7.05 Å². The van der Waals surface area contributed by atoms with Gasteiger partial charge in [0.15, 0.2) is 0 Å². The lowest BCUT2D eigenvalue weighted by Gasteiger charge is -2.11. The Morgan fingerprint density at radius 3 is 2.52 bits per heavy atom. The number of nitrogens with zero attached hydrogens (tertiary/aromatic N) is 3. The monoisotopic (exact) mass is 347 g/mol. The number of hydrogen-bond donors (Lipinski definition) is 0. The van der Waals surface area contributed by atoms with Gasteiger partial charge in [0.2, 0.25) is 5.82 Å². The van der Waals surface area contributed by atoms with Gasteiger partial charge in [-0.1, -0.05) is 24.3 Å². The maximum atomic E-state index is 13.4. The van der Waals surface area contributed by atoms with E-state index in [4.69, 9.17) is 0 Å². The number of halogens is 3. The fourth-order valence-electron chi connectivity index (χ4n) is 2.69. The van der Waals surface area contributed by atoms with Gasteiger partial charge in [-0.05, 0) is 47.4 Å². The number of hydrogen-bond acceptors (Lipinski definition) is 2. The molecule has 1 heterocycles. The number of alkyl halides is 2. The largest absolute Gasteiger partial charge is 0.346 e. The van der Waals surface area contributed by atoms with Crippen molar-refractivity contribution in [2.75, 3.05) is 0 Å². The van der Waals surface area contributed by atoms with Crippen molar-refractivity contribution in [3.05, 3.63) is 75.7 Å². The molecule has 0 aliphatic rings. The maximum Gasteiger partial charge on any atom is 0.346 e. The van der Waals surface area contributed by atoms with Crippen LogP contribution in [0.15, 0.2) is 47.3 Å². The molecule has 0 aliphatic heterocycles. The Labute approximate surface area is 142 Å². The van der Waals surface area contributed by atoms with E-state index in [0.29, 0.717) is 11.1 Å². The van der Waals surface area contributed by atoms with E-state index in [9.17, 15) is 18.0 Å². The fraction of sp³-hybridized carbons (Fsp3) is 0.222. The van der Waals surface area contributed by atoms with Gasteiger partial charge in [0.25, 0.3) is 6.43 Å². The molecule has 2 aromatic carbocycles. The van der Waals surface area contributed by atoms with Gasteiger partial charge < -0.3 is 0 Å². The van der Waals surface area contributed by atoms with Crippen LogP contribution in [-0.4, -0.2) is 14.3 Å². The van der Waals surface area contributed by atoms with Gasteiger partial charge in [-0.3, -0.25) is 4.57 Å². The first kappa shape index (κ1) is 17.0. The van der Waals surface area contributed by atoms with E-state index in [1.54, 1.807) is 18.2 Å². The molecule has 0 aliphatic carbocycles. The van der Waals surface area contributed by atoms with Crippen LogP contribution in [0.3, 0.4) is 0 Å². The quantitative estimate of drug-likeness (QED) is 0.722. The number of aryl methyl sites for hydroxylation is 2. The second-order valence-electron chi connectivity index (χ2n) is 5.80. The van der Waals surface area contributed by atoms with E-state index in [2.05, 4.69) is 5.10 Å². The predicted octanol–water partition coefficient (Wildman–Crippen LogP) is 3.68. The minimum atomic E-state index is -2.85. The van der Waals surface area contributed by atoms with Crippen LogP contribution in [0.4, 0.5) is 13.2 Å². The summed E-state index contributed by atoms with van der Waals surface area (Å²) in [4.78, 5) is 12.1. The summed E-state index contributed by atoms with van der Waals surface area (Å²) in [7, 11) is 1.33. The lowest BCUT2D eigenvalue weighted by atomic mass is 9.99. The highest BCUT2D eigenvalue weighted by Crippen LogP contribution is 2.24. The Bertz CT molecular complexity index is 976. The minimum Gasteiger partial charge on any atom is -0.270 e. The van der Waals surface area contributed by atoms with Crippen molar-refractivity contribution in [2.24, 2.45) is 7.05 Å². The van der Waals surface area contributed by atoms with Crippen LogP contribution < -0.4 is 5.69 Å². The molecule has 0 amide bonds. The lowest BCUT2D eigenvalue weighted by Crippen LogP contribution is -2.24. The molecule has 130 valence electrons. The highest BCUT2D eigenvalue weighted by Gasteiger charge is 2.20. The Morgan fingerprint density at radius 1 is 1.12 bits per heavy atom. The molecular formula is C18H16F3N3O. The smallest absolute Gasteiger partial charge is 0.270 e. The van der Waals surface area contributed by atoms with Crippen molar-refractivity contribution < 1.29 is 13.2 Å². The maximum absolute atomic E-state index is 13.4. The van der Waals surface area contributed by atoms with Gasteiger partial charge in [0.1, 0.15) is 5.82 Å². The molecule has 0 saturated carbocycles. The zero-order valence-electron chi connectivity index (χ0n) is 13.7. The fourth-order valence-corrected chi connectivity index (χ4v) is 2.69. The summed E-state index contributed by atoms with van der Waals surface area (Å²) in [6.07, 6.45) is -2.85. The zero-order valence-corrected chi connectivity index (χ0v) is 13.7. The molecule has 0 spiro atoms. The zero-order chi connectivity index (χ0) is 18.1. The highest BCUT2D eigenvalue weighted by molar-refractivity contribution is 5.64. The minimum absolute atomic E-state index is 0.0265. The number of rotatable bonds is 4. The molecule has 0 radical (unpaired) electrons. The summed E-state index contributed by atoms with van der Waals surface area (Å²) in [5.41, 5.74) is 2.35. The van der Waals surface area contributed by atoms with E-state index in [-0.39, 0.29) is 12.4 Å². The van der Waals surface area contributed by atoms with Gasteiger partial charge in [-0.15, -0.1) is 5.10 Å². The van der Waals surface area contributed by atoms with Crippen molar-refractivity contribution in [1.29, 1.82) is 0 Å². The highest BCUT2D eigenvalue weighted by atomic mass is 19.3. The summed E-state index contributed by atoms with van der Waals surface area (Å²) in [6.45, 7) is 1.80. The molecular weight excluding hydrogens is 331 g/mol. The van der Waals surface area contributed by atoms with Crippen LogP contribution in [-0.2, 0) is 13.6 Å². The molecule has 0 saturated heterocycles. The molecule has 3 aromatic rings. The molecule has 7 heteroatoms. The summed E-state index contributed by atoms with van der Waals surface area (Å²) in [5.74, 6) is -0.925. The Morgan fingerprint density at radius 2 is 1.84 bits per heavy atom. The molecule has 3 rings (SSSR count). The predicted molar refractivity (Wildman–Crippen MR) is 88.1 cm³/mol. The standard InChI is InChI=1S/C18H16F3N3O/c1-11-6-7-13(12-4-3-5-15(19)9-12)8-14(11)10-24-17(16(20)21)22-23(2)18(24)25/h3-9,16H,10H2,1-2H3. The van der Waals surface area contributed by atoms with Crippen LogP contribution in [0.25, 0.3) is 11.1 Å². The molecule has 25 heavy (non-hydrogen) atoms. The van der Waals surface area contributed by atoms with Crippen molar-refractivity contribution in [1.82, 2.24) is 14.3 Å². The van der Waals surface area contributed by atoms with Crippen molar-refractivity contribution in [2.45, 2.75) is 19.9 Å². The third-order valence-electron chi connectivity index (χ3n) is 4.07. The molecule has 0 N–H and O–H groups in total. The van der Waals surface area contributed by atoms with Crippen molar-refractivity contribution >= 4 is 0 Å². The summed E-state index contributed by atoms with van der Waals surface area (Å²) >= 11 is 0. The summed E-state index contributed by atoms with van der Waals surface area (Å²) < 4.78 is 41.6. The first-order valence-corrected chi connectivity index (χ1v) is 7.64. The first-order valence-electron chi connectivity index (χ1n) is 7.64. The molecule has 0 atom stereocenters. The molecule has 0 unspecified atom stereocenters. The lowest BCUT2D eigenvalue weighted by molar-refractivity contribution is 0.134. The van der Waals surface area contributed by atoms with Crippen LogP contribution in [0.5, 0.6) is 0 Å². The van der Waals surface area contributed by atoms with Gasteiger partial charge in [-0.25, -0.2) is 22.6 Å². The second-order valence-corrected chi connectivity index (χ2v) is 5.80. The third kappa shape index (κ3) is 3.35. The number of aromatic nitrogens is 3. The third-order valence-corrected chi connectivity index (χ3v) is 4.07. The van der Waals surface area contributed by atoms with Crippen LogP contribution in [0.1, 0.15) is 23.4 Å². The van der Waals surface area contributed by atoms with Crippen LogP contribution in [0.2, 0.25) is 0 Å². The van der Waals surface area contributed by atoms with Crippen LogP contribution in [0, 0.1) is 12.7 Å². The SMILES string of the molecule is Cc1ccc(-c2cccc(F)c2)cc1Cn1c(C(F)F)nn(C)c1=O. The van der Waals surface area contributed by atoms with Crippen molar-refractivity contribution in [3.63, 3.8) is 0 Å². The van der Waals surface area contributed by atoms with Gasteiger partial charge in [0.05, 0.1) is 6.54 Å². The van der Waals surface area contributed by atoms with Crippen LogP contribution >= 0.6 is 0 Å². The second kappa shape index (κ2) is 6.58. The van der Waals surface area contributed by atoms with Gasteiger partial charge >= 0.3 is 5.69 Å². The van der Waals surface area contributed by atoms with Gasteiger partial charge in [-0.2, -0.15) is 0 Å². The Hall–Kier alpha value is -2.83. The molecule has 0 bridgehead atoms. The normalized spacial score (nSPS) is 11.3. The topological polar surface area (TPSA) is 39.8 Å². The van der Waals surface area contributed by atoms with E-state index in [1.807, 2.05) is 19.1 Å². The average Bonchev–Trinajstić information content (AvgIpc) is 2.85. The molecule has 0 fully saturated rings. The van der Waals surface area contributed by atoms with E-state index in [1.165, 1.54) is 19.2 Å². The average molecular weight is 347 g/mol. The first-order chi connectivity index (χ1) is 11.9. The molecule has 4 nitrogen and oxygen atoms in total. The van der Waals surface area contributed by atoms with E-state index in [0.717, 1.165) is 20.4 Å². The van der Waals surface area contributed by atoms with E-state index < -0.39 is 17.9 Å². The number of benzene rings is 2. The van der Waals surface area contributed by atoms with E-state index >= 15 is 0 Å².